The second-order valence-electron chi connectivity index (χ2n) is 8.35. The molecule has 0 saturated carbocycles. The number of hydrogen-bond donors (Lipinski definition) is 1. The van der Waals surface area contributed by atoms with Crippen LogP contribution >= 0.6 is 22.7 Å². The highest BCUT2D eigenvalue weighted by Crippen LogP contribution is 2.35. The molecule has 1 aromatic carbocycles. The molecule has 1 unspecified atom stereocenters. The number of benzene rings is 1. The predicted molar refractivity (Wildman–Crippen MR) is 132 cm³/mol. The van der Waals surface area contributed by atoms with Gasteiger partial charge in [-0.25, -0.2) is 0 Å². The van der Waals surface area contributed by atoms with Crippen molar-refractivity contribution in [1.29, 1.82) is 0 Å². The summed E-state index contributed by atoms with van der Waals surface area (Å²) in [6.45, 7) is 3.11. The SMILES string of the molecule is COc1ccccc1CNC(=O)C1(C)Cn2c(cc3ccsc32)C(=O)N1CCc1cccs1. The predicted octanol–water partition coefficient (Wildman–Crippen LogP) is 4.55. The molecule has 0 bridgehead atoms. The monoisotopic (exact) mass is 479 g/mol. The molecule has 0 spiro atoms. The number of nitrogens with zero attached hydrogens (tertiary/aromatic N) is 2. The van der Waals surface area contributed by atoms with Crippen molar-refractivity contribution in [3.8, 4) is 5.75 Å². The van der Waals surface area contributed by atoms with Gasteiger partial charge in [0.2, 0.25) is 5.91 Å². The fraction of sp³-hybridized carbons (Fsp3) is 0.280. The van der Waals surface area contributed by atoms with E-state index in [2.05, 4.69) is 11.4 Å². The van der Waals surface area contributed by atoms with Crippen molar-refractivity contribution in [1.82, 2.24) is 14.8 Å². The Balaban J connectivity index is 1.46. The number of para-hydroxylation sites is 1. The quantitative estimate of drug-likeness (QED) is 0.423. The number of aromatic nitrogens is 1. The van der Waals surface area contributed by atoms with Crippen LogP contribution in [0.5, 0.6) is 5.75 Å². The summed E-state index contributed by atoms with van der Waals surface area (Å²) >= 11 is 3.26. The van der Waals surface area contributed by atoms with Crippen LogP contribution < -0.4 is 10.1 Å². The van der Waals surface area contributed by atoms with Crippen molar-refractivity contribution in [3.63, 3.8) is 0 Å². The molecule has 1 aliphatic heterocycles. The standard InChI is InChI=1S/C25H25N3O3S2/c1-25(24(30)26-15-18-6-3-4-8-21(18)31-2)16-27-20(14-17-10-13-33-23(17)27)22(29)28(25)11-9-19-7-5-12-32-19/h3-8,10,12-14H,9,11,15-16H2,1-2H3,(H,26,30). The van der Waals surface area contributed by atoms with Crippen molar-refractivity contribution in [3.05, 3.63) is 75.4 Å². The van der Waals surface area contributed by atoms with E-state index in [0.717, 1.165) is 21.5 Å². The number of ether oxygens (including phenoxy) is 1. The number of nitrogens with one attached hydrogen (secondary N) is 1. The van der Waals surface area contributed by atoms with Crippen LogP contribution in [0, 0.1) is 0 Å². The van der Waals surface area contributed by atoms with E-state index in [9.17, 15) is 9.59 Å². The van der Waals surface area contributed by atoms with Crippen LogP contribution in [0.4, 0.5) is 0 Å². The first-order chi connectivity index (χ1) is 16.0. The van der Waals surface area contributed by atoms with Gasteiger partial charge >= 0.3 is 0 Å². The van der Waals surface area contributed by atoms with Crippen molar-refractivity contribution < 1.29 is 14.3 Å². The number of methoxy groups -OCH3 is 1. The third-order valence-electron chi connectivity index (χ3n) is 6.31. The molecule has 0 saturated heterocycles. The topological polar surface area (TPSA) is 63.6 Å². The Morgan fingerprint density at radius 1 is 1.15 bits per heavy atom. The lowest BCUT2D eigenvalue weighted by Crippen LogP contribution is -2.64. The van der Waals surface area contributed by atoms with Crippen LogP contribution in [0.1, 0.15) is 27.9 Å². The van der Waals surface area contributed by atoms with Crippen molar-refractivity contribution in [2.75, 3.05) is 13.7 Å². The summed E-state index contributed by atoms with van der Waals surface area (Å²) in [6, 6.07) is 15.7. The zero-order valence-corrected chi connectivity index (χ0v) is 20.2. The van der Waals surface area contributed by atoms with E-state index in [4.69, 9.17) is 4.74 Å². The number of rotatable bonds is 7. The second-order valence-corrected chi connectivity index (χ2v) is 10.3. The molecule has 4 aromatic rings. The number of hydrogen-bond acceptors (Lipinski definition) is 5. The largest absolute Gasteiger partial charge is 0.496 e. The Labute approximate surface area is 200 Å². The molecular formula is C25H25N3O3S2. The molecular weight excluding hydrogens is 454 g/mol. The maximum atomic E-state index is 13.7. The molecule has 0 fully saturated rings. The Morgan fingerprint density at radius 3 is 2.79 bits per heavy atom. The van der Waals surface area contributed by atoms with Gasteiger partial charge < -0.3 is 19.5 Å². The Kier molecular flexibility index (Phi) is 5.72. The molecule has 33 heavy (non-hydrogen) atoms. The number of amides is 2. The van der Waals surface area contributed by atoms with E-state index in [1.165, 1.54) is 4.88 Å². The van der Waals surface area contributed by atoms with Gasteiger partial charge in [-0.05, 0) is 48.4 Å². The van der Waals surface area contributed by atoms with Gasteiger partial charge in [0.25, 0.3) is 5.91 Å². The van der Waals surface area contributed by atoms with E-state index in [0.29, 0.717) is 31.7 Å². The lowest BCUT2D eigenvalue weighted by molar-refractivity contribution is -0.133. The van der Waals surface area contributed by atoms with E-state index >= 15 is 0 Å². The van der Waals surface area contributed by atoms with Gasteiger partial charge in [-0.3, -0.25) is 9.59 Å². The van der Waals surface area contributed by atoms with Crippen molar-refractivity contribution in [2.24, 2.45) is 0 Å². The first kappa shape index (κ1) is 21.7. The zero-order chi connectivity index (χ0) is 23.0. The van der Waals surface area contributed by atoms with Crippen LogP contribution in [0.3, 0.4) is 0 Å². The molecule has 5 rings (SSSR count). The highest BCUT2D eigenvalue weighted by Gasteiger charge is 2.47. The van der Waals surface area contributed by atoms with Gasteiger partial charge in [-0.2, -0.15) is 0 Å². The molecule has 0 aliphatic carbocycles. The lowest BCUT2D eigenvalue weighted by atomic mass is 9.94. The summed E-state index contributed by atoms with van der Waals surface area (Å²) in [7, 11) is 1.62. The first-order valence-corrected chi connectivity index (χ1v) is 12.6. The Morgan fingerprint density at radius 2 is 2.00 bits per heavy atom. The lowest BCUT2D eigenvalue weighted by Gasteiger charge is -2.44. The molecule has 2 amide bonds. The fourth-order valence-electron chi connectivity index (χ4n) is 4.50. The Bertz CT molecular complexity index is 1310. The minimum absolute atomic E-state index is 0.101. The number of fused-ring (bicyclic) bond motifs is 3. The number of thiophene rings is 2. The molecule has 1 N–H and O–H groups in total. The summed E-state index contributed by atoms with van der Waals surface area (Å²) in [4.78, 5) is 31.3. The van der Waals surface area contributed by atoms with Gasteiger partial charge in [0.1, 0.15) is 21.8 Å². The molecule has 170 valence electrons. The summed E-state index contributed by atoms with van der Waals surface area (Å²) in [6.07, 6.45) is 0.716. The minimum Gasteiger partial charge on any atom is -0.496 e. The second kappa shape index (κ2) is 8.68. The van der Waals surface area contributed by atoms with Crippen LogP contribution in [-0.2, 0) is 24.3 Å². The van der Waals surface area contributed by atoms with Gasteiger partial charge in [-0.1, -0.05) is 24.3 Å². The average molecular weight is 480 g/mol. The summed E-state index contributed by atoms with van der Waals surface area (Å²) in [5.74, 6) is 0.457. The van der Waals surface area contributed by atoms with Crippen LogP contribution in [-0.4, -0.2) is 40.5 Å². The number of carbonyl (C=O) groups is 2. The summed E-state index contributed by atoms with van der Waals surface area (Å²) < 4.78 is 7.43. The molecule has 0 radical (unpaired) electrons. The third kappa shape index (κ3) is 3.83. The smallest absolute Gasteiger partial charge is 0.271 e. The van der Waals surface area contributed by atoms with Gasteiger partial charge in [0.05, 0.1) is 13.7 Å². The fourth-order valence-corrected chi connectivity index (χ4v) is 6.09. The maximum absolute atomic E-state index is 13.7. The van der Waals surface area contributed by atoms with Crippen LogP contribution in [0.2, 0.25) is 0 Å². The number of carbonyl (C=O) groups excluding carboxylic acids is 2. The molecule has 4 heterocycles. The maximum Gasteiger partial charge on any atom is 0.271 e. The highest BCUT2D eigenvalue weighted by atomic mass is 32.1. The van der Waals surface area contributed by atoms with E-state index in [1.54, 1.807) is 34.7 Å². The highest BCUT2D eigenvalue weighted by molar-refractivity contribution is 7.16. The summed E-state index contributed by atoms with van der Waals surface area (Å²) in [5, 5.41) is 8.17. The zero-order valence-electron chi connectivity index (χ0n) is 18.5. The van der Waals surface area contributed by atoms with E-state index in [-0.39, 0.29) is 11.8 Å². The normalized spacial score (nSPS) is 17.9. The van der Waals surface area contributed by atoms with Crippen LogP contribution in [0.15, 0.2) is 59.3 Å². The van der Waals surface area contributed by atoms with Crippen molar-refractivity contribution in [2.45, 2.75) is 32.0 Å². The molecule has 1 aliphatic rings. The molecule has 6 nitrogen and oxygen atoms in total. The van der Waals surface area contributed by atoms with E-state index in [1.807, 2.05) is 64.7 Å². The molecule has 8 heteroatoms. The summed E-state index contributed by atoms with van der Waals surface area (Å²) in [5.41, 5.74) is 0.531. The molecule has 3 aromatic heterocycles. The first-order valence-electron chi connectivity index (χ1n) is 10.8. The van der Waals surface area contributed by atoms with Crippen molar-refractivity contribution >= 4 is 44.7 Å². The van der Waals surface area contributed by atoms with Gasteiger partial charge in [0, 0.05) is 28.9 Å². The average Bonchev–Trinajstić information content (AvgIpc) is 3.56. The van der Waals surface area contributed by atoms with Gasteiger partial charge in [0.15, 0.2) is 0 Å². The third-order valence-corrected chi connectivity index (χ3v) is 8.20. The van der Waals surface area contributed by atoms with E-state index < -0.39 is 5.54 Å². The van der Waals surface area contributed by atoms with Gasteiger partial charge in [-0.15, -0.1) is 22.7 Å². The minimum atomic E-state index is -1.01. The Hall–Kier alpha value is -3.10. The van der Waals surface area contributed by atoms with Crippen LogP contribution in [0.25, 0.3) is 10.2 Å². The molecule has 1 atom stereocenters.